The van der Waals surface area contributed by atoms with Crippen LogP contribution in [-0.2, 0) is 0 Å². The Balaban J connectivity index is 1.88. The Morgan fingerprint density at radius 2 is 1.73 bits per heavy atom. The van der Waals surface area contributed by atoms with Crippen LogP contribution in [0.25, 0.3) is 5.69 Å². The van der Waals surface area contributed by atoms with Crippen molar-refractivity contribution in [1.29, 1.82) is 0 Å². The van der Waals surface area contributed by atoms with Gasteiger partial charge in [-0.25, -0.2) is 9.37 Å². The average molecular weight is 351 g/mol. The Kier molecular flexibility index (Phi) is 4.93. The first-order chi connectivity index (χ1) is 12.5. The highest BCUT2D eigenvalue weighted by Gasteiger charge is 2.12. The number of amides is 1. The van der Waals surface area contributed by atoms with Gasteiger partial charge in [0.1, 0.15) is 5.82 Å². The van der Waals surface area contributed by atoms with E-state index in [-0.39, 0.29) is 11.4 Å². The van der Waals surface area contributed by atoms with Crippen molar-refractivity contribution in [2.45, 2.75) is 19.8 Å². The van der Waals surface area contributed by atoms with Gasteiger partial charge in [0.15, 0.2) is 5.82 Å². The average Bonchev–Trinajstić information content (AvgIpc) is 2.64. The molecule has 132 valence electrons. The Morgan fingerprint density at radius 3 is 2.35 bits per heavy atom. The van der Waals surface area contributed by atoms with Crippen LogP contribution in [0.2, 0.25) is 0 Å². The second kappa shape index (κ2) is 7.31. The molecule has 0 aliphatic carbocycles. The van der Waals surface area contributed by atoms with Gasteiger partial charge in [0.2, 0.25) is 0 Å². The monoisotopic (exact) mass is 351 g/mol. The van der Waals surface area contributed by atoms with E-state index in [0.29, 0.717) is 11.6 Å². The maximum atomic E-state index is 13.0. The fourth-order valence-electron chi connectivity index (χ4n) is 2.50. The van der Waals surface area contributed by atoms with E-state index in [1.807, 2.05) is 24.3 Å². The Labute approximate surface area is 150 Å². The molecule has 0 fully saturated rings. The zero-order valence-electron chi connectivity index (χ0n) is 14.4. The van der Waals surface area contributed by atoms with Gasteiger partial charge in [-0.05, 0) is 47.9 Å². The van der Waals surface area contributed by atoms with E-state index in [2.05, 4.69) is 24.1 Å². The molecule has 0 saturated carbocycles. The topological polar surface area (TPSA) is 64.0 Å². The van der Waals surface area contributed by atoms with Gasteiger partial charge < -0.3 is 5.32 Å². The summed E-state index contributed by atoms with van der Waals surface area (Å²) in [5, 5.41) is 2.48. The molecule has 0 atom stereocenters. The minimum Gasteiger partial charge on any atom is -0.302 e. The zero-order valence-corrected chi connectivity index (χ0v) is 14.4. The number of nitrogens with one attached hydrogen (secondary N) is 1. The molecule has 3 aromatic rings. The van der Waals surface area contributed by atoms with E-state index in [1.54, 1.807) is 6.20 Å². The van der Waals surface area contributed by atoms with Crippen LogP contribution in [0.15, 0.2) is 65.7 Å². The molecule has 0 saturated heterocycles. The summed E-state index contributed by atoms with van der Waals surface area (Å²) >= 11 is 0. The molecule has 1 heterocycles. The number of rotatable bonds is 4. The molecule has 1 aromatic heterocycles. The lowest BCUT2D eigenvalue weighted by Crippen LogP contribution is -2.26. The van der Waals surface area contributed by atoms with Crippen molar-refractivity contribution in [2.75, 3.05) is 5.32 Å². The minimum atomic E-state index is -0.525. The second-order valence-electron chi connectivity index (χ2n) is 6.16. The lowest BCUT2D eigenvalue weighted by molar-refractivity contribution is 0.102. The highest BCUT2D eigenvalue weighted by atomic mass is 19.1. The molecule has 2 aromatic carbocycles. The first-order valence-electron chi connectivity index (χ1n) is 8.20. The highest BCUT2D eigenvalue weighted by Crippen LogP contribution is 2.16. The summed E-state index contributed by atoms with van der Waals surface area (Å²) in [6.07, 6.45) is 2.98. The third kappa shape index (κ3) is 3.69. The predicted octanol–water partition coefficient (Wildman–Crippen LogP) is 3.75. The van der Waals surface area contributed by atoms with Gasteiger partial charge in [-0.15, -0.1) is 0 Å². The summed E-state index contributed by atoms with van der Waals surface area (Å²) in [6.45, 7) is 4.19. The second-order valence-corrected chi connectivity index (χ2v) is 6.16. The van der Waals surface area contributed by atoms with Crippen molar-refractivity contribution in [3.63, 3.8) is 0 Å². The van der Waals surface area contributed by atoms with Crippen LogP contribution in [-0.4, -0.2) is 15.5 Å². The number of carbonyl (C=O) groups is 1. The van der Waals surface area contributed by atoms with Crippen LogP contribution in [0.1, 0.15) is 35.7 Å². The third-order valence-corrected chi connectivity index (χ3v) is 4.02. The lowest BCUT2D eigenvalue weighted by Gasteiger charge is -2.10. The molecule has 1 N–H and O–H groups in total. The SMILES string of the molecule is CC(C)c1ccc(-n2ccnc(NC(=O)c3ccc(F)cc3)c2=O)cc1. The standard InChI is InChI=1S/C20H18FN3O2/c1-13(2)14-5-9-17(10-6-14)24-12-11-22-18(20(24)26)23-19(25)15-3-7-16(21)8-4-15/h3-13H,1-2H3,(H,22,23,25). The van der Waals surface area contributed by atoms with Crippen LogP contribution in [0, 0.1) is 5.82 Å². The molecule has 0 bridgehead atoms. The number of carbonyl (C=O) groups excluding carboxylic acids is 1. The minimum absolute atomic E-state index is 0.0882. The first-order valence-corrected chi connectivity index (χ1v) is 8.20. The summed E-state index contributed by atoms with van der Waals surface area (Å²) in [5.74, 6) is -0.660. The van der Waals surface area contributed by atoms with Gasteiger partial charge in [0.05, 0.1) is 0 Å². The molecule has 0 aliphatic heterocycles. The van der Waals surface area contributed by atoms with Gasteiger partial charge in [-0.1, -0.05) is 26.0 Å². The van der Waals surface area contributed by atoms with Gasteiger partial charge in [-0.2, -0.15) is 0 Å². The molecule has 0 radical (unpaired) electrons. The maximum absolute atomic E-state index is 13.0. The van der Waals surface area contributed by atoms with Gasteiger partial charge in [0, 0.05) is 23.6 Å². The van der Waals surface area contributed by atoms with E-state index in [9.17, 15) is 14.0 Å². The van der Waals surface area contributed by atoms with Crippen molar-refractivity contribution in [3.8, 4) is 5.69 Å². The number of hydrogen-bond donors (Lipinski definition) is 1. The lowest BCUT2D eigenvalue weighted by atomic mass is 10.0. The molecule has 6 heteroatoms. The van der Waals surface area contributed by atoms with Crippen LogP contribution in [0.5, 0.6) is 0 Å². The summed E-state index contributed by atoms with van der Waals surface area (Å²) in [5.41, 5.74) is 1.64. The summed E-state index contributed by atoms with van der Waals surface area (Å²) in [7, 11) is 0. The van der Waals surface area contributed by atoms with Gasteiger partial charge in [0.25, 0.3) is 11.5 Å². The smallest absolute Gasteiger partial charge is 0.298 e. The number of hydrogen-bond acceptors (Lipinski definition) is 3. The Hall–Kier alpha value is -3.28. The summed E-state index contributed by atoms with van der Waals surface area (Å²) in [4.78, 5) is 28.8. The molecule has 1 amide bonds. The molecule has 0 unspecified atom stereocenters. The van der Waals surface area contributed by atoms with E-state index < -0.39 is 17.3 Å². The van der Waals surface area contributed by atoms with Crippen LogP contribution >= 0.6 is 0 Å². The Bertz CT molecular complexity index is 977. The van der Waals surface area contributed by atoms with Crippen LogP contribution < -0.4 is 10.9 Å². The van der Waals surface area contributed by atoms with Gasteiger partial charge >= 0.3 is 0 Å². The van der Waals surface area contributed by atoms with Crippen molar-refractivity contribution in [3.05, 3.63) is 88.2 Å². The van der Waals surface area contributed by atoms with Crippen molar-refractivity contribution >= 4 is 11.7 Å². The van der Waals surface area contributed by atoms with Crippen LogP contribution in [0.4, 0.5) is 10.2 Å². The third-order valence-electron chi connectivity index (χ3n) is 4.02. The first kappa shape index (κ1) is 17.5. The van der Waals surface area contributed by atoms with E-state index in [1.165, 1.54) is 40.6 Å². The zero-order chi connectivity index (χ0) is 18.7. The number of benzene rings is 2. The summed E-state index contributed by atoms with van der Waals surface area (Å²) in [6, 6.07) is 12.7. The highest BCUT2D eigenvalue weighted by molar-refractivity contribution is 6.03. The number of anilines is 1. The Morgan fingerprint density at radius 1 is 1.08 bits per heavy atom. The molecule has 0 aliphatic rings. The largest absolute Gasteiger partial charge is 0.302 e. The van der Waals surface area contributed by atoms with E-state index in [4.69, 9.17) is 0 Å². The molecule has 5 nitrogen and oxygen atoms in total. The fourth-order valence-corrected chi connectivity index (χ4v) is 2.50. The molecule has 3 rings (SSSR count). The van der Waals surface area contributed by atoms with Crippen molar-refractivity contribution < 1.29 is 9.18 Å². The fraction of sp³-hybridized carbons (Fsp3) is 0.150. The van der Waals surface area contributed by atoms with E-state index >= 15 is 0 Å². The van der Waals surface area contributed by atoms with E-state index in [0.717, 1.165) is 0 Å². The predicted molar refractivity (Wildman–Crippen MR) is 98.3 cm³/mol. The molecular formula is C20H18FN3O2. The van der Waals surface area contributed by atoms with Crippen molar-refractivity contribution in [2.24, 2.45) is 0 Å². The molecule has 0 spiro atoms. The normalized spacial score (nSPS) is 10.8. The van der Waals surface area contributed by atoms with Gasteiger partial charge in [-0.3, -0.25) is 14.2 Å². The molecule has 26 heavy (non-hydrogen) atoms. The number of nitrogens with zero attached hydrogens (tertiary/aromatic N) is 2. The van der Waals surface area contributed by atoms with Crippen LogP contribution in [0.3, 0.4) is 0 Å². The number of halogens is 1. The van der Waals surface area contributed by atoms with Crippen molar-refractivity contribution in [1.82, 2.24) is 9.55 Å². The summed E-state index contributed by atoms with van der Waals surface area (Å²) < 4.78 is 14.4. The molecular weight excluding hydrogens is 333 g/mol. The quantitative estimate of drug-likeness (QED) is 0.779. The number of aromatic nitrogens is 2. The maximum Gasteiger partial charge on any atom is 0.298 e.